The van der Waals surface area contributed by atoms with Crippen LogP contribution in [0.2, 0.25) is 0 Å². The first kappa shape index (κ1) is 21.2. The lowest BCUT2D eigenvalue weighted by molar-refractivity contribution is -0.142. The fourth-order valence-electron chi connectivity index (χ4n) is 6.87. The minimum atomic E-state index is -0.206. The number of aryl methyl sites for hydroxylation is 1. The number of benzene rings is 1. The topological polar surface area (TPSA) is 29.1 Å². The molecule has 2 bridgehead atoms. The van der Waals surface area contributed by atoms with Gasteiger partial charge in [0.25, 0.3) is 0 Å². The molecule has 3 aliphatic carbocycles. The van der Waals surface area contributed by atoms with E-state index in [0.717, 1.165) is 50.8 Å². The molecular weight excluding hydrogens is 378 g/mol. The summed E-state index contributed by atoms with van der Waals surface area (Å²) in [5, 5.41) is 3.54. The maximum Gasteiger partial charge on any atom is 0.226 e. The van der Waals surface area contributed by atoms with Crippen molar-refractivity contribution in [2.24, 2.45) is 16.7 Å². The average Bonchev–Trinajstić information content (AvgIpc) is 2.73. The van der Waals surface area contributed by atoms with Gasteiger partial charge >= 0.3 is 0 Å². The number of hydrogen-bond acceptors (Lipinski definition) is 1. The Morgan fingerprint density at radius 2 is 1.79 bits per heavy atom. The Kier molecular flexibility index (Phi) is 6.89. The normalized spacial score (nSPS) is 32.7. The van der Waals surface area contributed by atoms with Gasteiger partial charge in [0.05, 0.1) is 5.41 Å². The molecule has 0 aromatic heterocycles. The molecule has 4 rings (SSSR count). The van der Waals surface area contributed by atoms with Crippen LogP contribution in [0.4, 0.5) is 0 Å². The molecule has 1 aromatic rings. The molecule has 3 atom stereocenters. The van der Waals surface area contributed by atoms with Gasteiger partial charge in [0, 0.05) is 11.9 Å². The zero-order valence-electron chi connectivity index (χ0n) is 17.9. The van der Waals surface area contributed by atoms with E-state index in [1.54, 1.807) is 0 Å². The lowest BCUT2D eigenvalue weighted by Gasteiger charge is -2.54. The van der Waals surface area contributed by atoms with E-state index in [-0.39, 0.29) is 5.41 Å². The molecule has 0 saturated heterocycles. The van der Waals surface area contributed by atoms with Crippen molar-refractivity contribution in [2.45, 2.75) is 95.9 Å². The first-order valence-electron chi connectivity index (χ1n) is 12.0. The monoisotopic (exact) mass is 415 g/mol. The molecule has 1 aromatic carbocycles. The third-order valence-electron chi connectivity index (χ3n) is 8.22. The molecule has 3 fully saturated rings. The number of rotatable bonds is 7. The molecule has 0 spiro atoms. The Labute approximate surface area is 182 Å². The van der Waals surface area contributed by atoms with Gasteiger partial charge in [0.2, 0.25) is 5.91 Å². The Morgan fingerprint density at radius 3 is 2.55 bits per heavy atom. The number of halogens is 1. The van der Waals surface area contributed by atoms with E-state index in [4.69, 9.17) is 11.6 Å². The Hall–Kier alpha value is -1.02. The maximum absolute atomic E-state index is 13.8. The first-order chi connectivity index (χ1) is 14.1. The second kappa shape index (κ2) is 9.41. The van der Waals surface area contributed by atoms with E-state index in [9.17, 15) is 4.79 Å². The van der Waals surface area contributed by atoms with Crippen molar-refractivity contribution in [1.82, 2.24) is 5.32 Å². The summed E-state index contributed by atoms with van der Waals surface area (Å²) in [5.41, 5.74) is 1.45. The second-order valence-electron chi connectivity index (χ2n) is 10.4. The van der Waals surface area contributed by atoms with Crippen molar-refractivity contribution in [3.8, 4) is 0 Å². The molecule has 3 saturated carbocycles. The van der Waals surface area contributed by atoms with Gasteiger partial charge in [-0.05, 0) is 74.7 Å². The van der Waals surface area contributed by atoms with Crippen LogP contribution in [0.15, 0.2) is 30.3 Å². The van der Waals surface area contributed by atoms with E-state index in [1.807, 2.05) is 0 Å². The number of fused-ring (bicyclic) bond motifs is 2. The van der Waals surface area contributed by atoms with E-state index in [2.05, 4.69) is 35.6 Å². The maximum atomic E-state index is 13.8. The van der Waals surface area contributed by atoms with Gasteiger partial charge in [-0.2, -0.15) is 0 Å². The van der Waals surface area contributed by atoms with Crippen LogP contribution in [0.25, 0.3) is 0 Å². The molecule has 0 heterocycles. The summed E-state index contributed by atoms with van der Waals surface area (Å²) in [4.78, 5) is 13.8. The summed E-state index contributed by atoms with van der Waals surface area (Å²) >= 11 is 6.28. The van der Waals surface area contributed by atoms with Gasteiger partial charge in [0.15, 0.2) is 0 Å². The second-order valence-corrected chi connectivity index (χ2v) is 10.7. The van der Waals surface area contributed by atoms with Crippen LogP contribution < -0.4 is 5.32 Å². The lowest BCUT2D eigenvalue weighted by atomic mass is 9.51. The molecule has 2 nitrogen and oxygen atoms in total. The van der Waals surface area contributed by atoms with Crippen LogP contribution in [-0.2, 0) is 11.2 Å². The number of alkyl halides is 1. The van der Waals surface area contributed by atoms with Gasteiger partial charge in [0.1, 0.15) is 0 Å². The third kappa shape index (κ3) is 5.01. The van der Waals surface area contributed by atoms with Crippen molar-refractivity contribution in [2.75, 3.05) is 5.88 Å². The van der Waals surface area contributed by atoms with Crippen LogP contribution in [0, 0.1) is 16.7 Å². The Balaban J connectivity index is 1.56. The van der Waals surface area contributed by atoms with Crippen molar-refractivity contribution in [3.05, 3.63) is 35.9 Å². The predicted molar refractivity (Wildman–Crippen MR) is 121 cm³/mol. The minimum absolute atomic E-state index is 0.206. The van der Waals surface area contributed by atoms with Crippen molar-refractivity contribution >= 4 is 17.5 Å². The largest absolute Gasteiger partial charge is 0.353 e. The van der Waals surface area contributed by atoms with Gasteiger partial charge in [-0.15, -0.1) is 11.6 Å². The molecule has 29 heavy (non-hydrogen) atoms. The van der Waals surface area contributed by atoms with Crippen LogP contribution in [-0.4, -0.2) is 17.8 Å². The third-order valence-corrected chi connectivity index (χ3v) is 8.40. The number of amides is 1. The number of hydrogen-bond donors (Lipinski definition) is 1. The van der Waals surface area contributed by atoms with E-state index < -0.39 is 0 Å². The summed E-state index contributed by atoms with van der Waals surface area (Å²) in [6.45, 7) is 0. The number of nitrogens with one attached hydrogen (secondary N) is 1. The van der Waals surface area contributed by atoms with Gasteiger partial charge in [-0.25, -0.2) is 0 Å². The van der Waals surface area contributed by atoms with E-state index in [0.29, 0.717) is 23.3 Å². The molecule has 3 heteroatoms. The average molecular weight is 416 g/mol. The summed E-state index contributed by atoms with van der Waals surface area (Å²) in [5.74, 6) is 1.80. The Bertz CT molecular complexity index is 667. The van der Waals surface area contributed by atoms with Gasteiger partial charge in [-0.3, -0.25) is 4.79 Å². The molecule has 0 radical (unpaired) electrons. The first-order valence-corrected chi connectivity index (χ1v) is 12.6. The SMILES string of the molecule is O=C(NC1CCCCC1)C1(CCc2ccccc2)CC2CCC[C@@](CCCl)(C2)C1. The molecule has 3 aliphatic rings. The van der Waals surface area contributed by atoms with E-state index in [1.165, 1.54) is 50.5 Å². The van der Waals surface area contributed by atoms with Crippen molar-refractivity contribution in [1.29, 1.82) is 0 Å². The number of carbonyl (C=O) groups is 1. The molecular formula is C26H38ClNO. The predicted octanol–water partition coefficient (Wildman–Crippen LogP) is 6.65. The number of carbonyl (C=O) groups excluding carboxylic acids is 1. The highest BCUT2D eigenvalue weighted by atomic mass is 35.5. The fourth-order valence-corrected chi connectivity index (χ4v) is 7.27. The Morgan fingerprint density at radius 1 is 1.00 bits per heavy atom. The highest BCUT2D eigenvalue weighted by Crippen LogP contribution is 2.59. The molecule has 1 amide bonds. The van der Waals surface area contributed by atoms with Gasteiger partial charge in [-0.1, -0.05) is 62.4 Å². The lowest BCUT2D eigenvalue weighted by Crippen LogP contribution is -2.53. The molecule has 1 N–H and O–H groups in total. The fraction of sp³-hybridized carbons (Fsp3) is 0.731. The summed E-state index contributed by atoms with van der Waals surface area (Å²) in [6.07, 6.45) is 16.6. The quantitative estimate of drug-likeness (QED) is 0.496. The van der Waals surface area contributed by atoms with Crippen LogP contribution in [0.3, 0.4) is 0 Å². The van der Waals surface area contributed by atoms with E-state index >= 15 is 0 Å². The van der Waals surface area contributed by atoms with Crippen LogP contribution in [0.5, 0.6) is 0 Å². The summed E-state index contributed by atoms with van der Waals surface area (Å²) in [7, 11) is 0. The standard InChI is InChI=1S/C26H38ClNO/c27-17-16-25-14-7-10-22(18-25)19-26(20-25,15-13-21-8-3-1-4-9-21)24(29)28-23-11-5-2-6-12-23/h1,3-4,8-9,22-23H,2,5-7,10-20H2,(H,28,29)/t22?,25-,26?/m1/s1. The highest BCUT2D eigenvalue weighted by molar-refractivity contribution is 6.17. The summed E-state index contributed by atoms with van der Waals surface area (Å²) in [6, 6.07) is 11.1. The smallest absolute Gasteiger partial charge is 0.226 e. The van der Waals surface area contributed by atoms with Gasteiger partial charge < -0.3 is 5.32 Å². The summed E-state index contributed by atoms with van der Waals surface area (Å²) < 4.78 is 0. The molecule has 0 aliphatic heterocycles. The minimum Gasteiger partial charge on any atom is -0.353 e. The zero-order chi connectivity index (χ0) is 20.2. The van der Waals surface area contributed by atoms with Crippen molar-refractivity contribution in [3.63, 3.8) is 0 Å². The van der Waals surface area contributed by atoms with Crippen molar-refractivity contribution < 1.29 is 4.79 Å². The zero-order valence-corrected chi connectivity index (χ0v) is 18.7. The molecule has 160 valence electrons. The highest BCUT2D eigenvalue weighted by Gasteiger charge is 2.52. The molecule has 2 unspecified atom stereocenters. The van der Waals surface area contributed by atoms with Crippen LogP contribution in [0.1, 0.15) is 89.0 Å². The van der Waals surface area contributed by atoms with Crippen LogP contribution >= 0.6 is 11.6 Å².